The van der Waals surface area contributed by atoms with Crippen LogP contribution >= 0.6 is 0 Å². The minimum absolute atomic E-state index is 0.550. The Labute approximate surface area is 125 Å². The molecule has 4 rings (SSSR count). The van der Waals surface area contributed by atoms with E-state index in [1.54, 1.807) is 0 Å². The van der Waals surface area contributed by atoms with Crippen molar-refractivity contribution >= 4 is 11.0 Å². The predicted molar refractivity (Wildman–Crippen MR) is 84.0 cm³/mol. The molecule has 1 aromatic carbocycles. The van der Waals surface area contributed by atoms with E-state index in [1.807, 2.05) is 12.1 Å². The molecule has 1 aliphatic carbocycles. The van der Waals surface area contributed by atoms with Gasteiger partial charge in [0.1, 0.15) is 11.3 Å². The molecular weight excluding hydrogens is 262 g/mol. The second-order valence-corrected chi connectivity index (χ2v) is 6.25. The monoisotopic (exact) mass is 285 g/mol. The second-order valence-electron chi connectivity index (χ2n) is 6.25. The Kier molecular flexibility index (Phi) is 3.45. The number of piperazine rings is 1. The third-order valence-corrected chi connectivity index (χ3v) is 4.82. The molecule has 1 saturated carbocycles. The molecule has 2 heterocycles. The summed E-state index contributed by atoms with van der Waals surface area (Å²) in [6.45, 7) is 6.11. The summed E-state index contributed by atoms with van der Waals surface area (Å²) in [4.78, 5) is 5.13. The van der Waals surface area contributed by atoms with E-state index in [-0.39, 0.29) is 0 Å². The van der Waals surface area contributed by atoms with Crippen LogP contribution in [0.2, 0.25) is 0 Å². The van der Waals surface area contributed by atoms with Crippen molar-refractivity contribution in [2.45, 2.75) is 32.0 Å². The molecule has 0 bridgehead atoms. The number of para-hydroxylation sites is 1. The van der Waals surface area contributed by atoms with Crippen LogP contribution in [0.15, 0.2) is 28.7 Å². The van der Waals surface area contributed by atoms with Gasteiger partial charge in [0.05, 0.1) is 6.54 Å². The standard InChI is InChI=1S/C17H23N3O/c18-11-15-14-3-1-2-4-16(14)21-17(15)12-19-7-9-20(10-8-19)13-5-6-13/h1-4,13H,5-12,18H2. The van der Waals surface area contributed by atoms with E-state index in [0.29, 0.717) is 6.54 Å². The number of hydrogen-bond donors (Lipinski definition) is 1. The highest BCUT2D eigenvalue weighted by molar-refractivity contribution is 5.82. The SMILES string of the molecule is NCc1c(CN2CCN(C3CC3)CC2)oc2ccccc12. The van der Waals surface area contributed by atoms with Gasteiger partial charge in [0.2, 0.25) is 0 Å². The first-order chi connectivity index (χ1) is 10.3. The Balaban J connectivity index is 1.49. The lowest BCUT2D eigenvalue weighted by Gasteiger charge is -2.34. The maximum Gasteiger partial charge on any atom is 0.134 e. The first kappa shape index (κ1) is 13.3. The van der Waals surface area contributed by atoms with Crippen molar-refractivity contribution in [1.82, 2.24) is 9.80 Å². The summed E-state index contributed by atoms with van der Waals surface area (Å²) in [6.07, 6.45) is 2.81. The van der Waals surface area contributed by atoms with E-state index < -0.39 is 0 Å². The van der Waals surface area contributed by atoms with Gasteiger partial charge in [0, 0.05) is 49.7 Å². The van der Waals surface area contributed by atoms with Crippen molar-refractivity contribution in [1.29, 1.82) is 0 Å². The number of furan rings is 1. The van der Waals surface area contributed by atoms with Crippen molar-refractivity contribution in [3.8, 4) is 0 Å². The summed E-state index contributed by atoms with van der Waals surface area (Å²) in [5.41, 5.74) is 8.09. The van der Waals surface area contributed by atoms with Crippen molar-refractivity contribution in [3.63, 3.8) is 0 Å². The average Bonchev–Trinajstić information content (AvgIpc) is 3.30. The van der Waals surface area contributed by atoms with Gasteiger partial charge in [0.15, 0.2) is 0 Å². The molecule has 0 spiro atoms. The first-order valence-corrected chi connectivity index (χ1v) is 8.01. The fourth-order valence-corrected chi connectivity index (χ4v) is 3.43. The van der Waals surface area contributed by atoms with Gasteiger partial charge in [-0.3, -0.25) is 9.80 Å². The van der Waals surface area contributed by atoms with Gasteiger partial charge in [-0.15, -0.1) is 0 Å². The van der Waals surface area contributed by atoms with Crippen LogP contribution in [-0.4, -0.2) is 42.0 Å². The van der Waals surface area contributed by atoms with Crippen molar-refractivity contribution in [3.05, 3.63) is 35.6 Å². The van der Waals surface area contributed by atoms with Crippen LogP contribution in [0.1, 0.15) is 24.2 Å². The minimum Gasteiger partial charge on any atom is -0.459 e. The summed E-state index contributed by atoms with van der Waals surface area (Å²) in [5, 5.41) is 1.17. The van der Waals surface area contributed by atoms with Crippen LogP contribution in [0.25, 0.3) is 11.0 Å². The number of fused-ring (bicyclic) bond motifs is 1. The Morgan fingerprint density at radius 3 is 2.57 bits per heavy atom. The second kappa shape index (κ2) is 5.44. The van der Waals surface area contributed by atoms with Crippen molar-refractivity contribution < 1.29 is 4.42 Å². The van der Waals surface area contributed by atoms with E-state index in [2.05, 4.69) is 21.9 Å². The van der Waals surface area contributed by atoms with Gasteiger partial charge in [-0.05, 0) is 18.9 Å². The Morgan fingerprint density at radius 1 is 1.10 bits per heavy atom. The molecule has 2 aliphatic rings. The van der Waals surface area contributed by atoms with Crippen molar-refractivity contribution in [2.75, 3.05) is 26.2 Å². The van der Waals surface area contributed by atoms with Gasteiger partial charge in [0.25, 0.3) is 0 Å². The average molecular weight is 285 g/mol. The van der Waals surface area contributed by atoms with Crippen LogP contribution in [-0.2, 0) is 13.1 Å². The Bertz CT molecular complexity index is 624. The topological polar surface area (TPSA) is 45.6 Å². The molecule has 1 aromatic heterocycles. The smallest absolute Gasteiger partial charge is 0.134 e. The van der Waals surface area contributed by atoms with E-state index in [1.165, 1.54) is 36.9 Å². The molecule has 0 radical (unpaired) electrons. The zero-order valence-electron chi connectivity index (χ0n) is 12.4. The molecule has 0 amide bonds. The third kappa shape index (κ3) is 2.59. The fraction of sp³-hybridized carbons (Fsp3) is 0.529. The fourth-order valence-electron chi connectivity index (χ4n) is 3.43. The third-order valence-electron chi connectivity index (χ3n) is 4.82. The number of hydrogen-bond acceptors (Lipinski definition) is 4. The molecule has 0 atom stereocenters. The van der Waals surface area contributed by atoms with Gasteiger partial charge < -0.3 is 10.2 Å². The summed E-state index contributed by atoms with van der Waals surface area (Å²) in [6, 6.07) is 9.09. The molecule has 2 fully saturated rings. The van der Waals surface area contributed by atoms with E-state index >= 15 is 0 Å². The first-order valence-electron chi connectivity index (χ1n) is 8.01. The number of nitrogens with zero attached hydrogens (tertiary/aromatic N) is 2. The van der Waals surface area contributed by atoms with Gasteiger partial charge in [-0.1, -0.05) is 18.2 Å². The molecule has 2 aromatic rings. The number of nitrogens with two attached hydrogens (primary N) is 1. The van der Waals surface area contributed by atoms with Gasteiger partial charge in [-0.25, -0.2) is 0 Å². The largest absolute Gasteiger partial charge is 0.459 e. The highest BCUT2D eigenvalue weighted by Crippen LogP contribution is 2.29. The zero-order chi connectivity index (χ0) is 14.2. The van der Waals surface area contributed by atoms with Gasteiger partial charge in [-0.2, -0.15) is 0 Å². The molecule has 2 N–H and O–H groups in total. The van der Waals surface area contributed by atoms with Crippen LogP contribution in [0.5, 0.6) is 0 Å². The lowest BCUT2D eigenvalue weighted by atomic mass is 10.1. The molecule has 4 nitrogen and oxygen atoms in total. The highest BCUT2D eigenvalue weighted by Gasteiger charge is 2.31. The van der Waals surface area contributed by atoms with Crippen molar-refractivity contribution in [2.24, 2.45) is 5.73 Å². The van der Waals surface area contributed by atoms with Crippen LogP contribution < -0.4 is 5.73 Å². The molecule has 4 heteroatoms. The molecule has 0 unspecified atom stereocenters. The summed E-state index contributed by atoms with van der Waals surface area (Å²) < 4.78 is 6.04. The molecule has 21 heavy (non-hydrogen) atoms. The minimum atomic E-state index is 0.550. The maximum atomic E-state index is 6.04. The lowest BCUT2D eigenvalue weighted by Crippen LogP contribution is -2.46. The molecular formula is C17H23N3O. The van der Waals surface area contributed by atoms with E-state index in [0.717, 1.165) is 37.0 Å². The highest BCUT2D eigenvalue weighted by atomic mass is 16.3. The maximum absolute atomic E-state index is 6.04. The number of benzene rings is 1. The summed E-state index contributed by atoms with van der Waals surface area (Å²) in [7, 11) is 0. The van der Waals surface area contributed by atoms with Crippen LogP contribution in [0.3, 0.4) is 0 Å². The van der Waals surface area contributed by atoms with E-state index in [4.69, 9.17) is 10.2 Å². The normalized spacial score (nSPS) is 21.2. The summed E-state index contributed by atoms with van der Waals surface area (Å²) in [5.74, 6) is 1.05. The van der Waals surface area contributed by atoms with Crippen LogP contribution in [0, 0.1) is 0 Å². The zero-order valence-corrected chi connectivity index (χ0v) is 12.4. The predicted octanol–water partition coefficient (Wildman–Crippen LogP) is 2.17. The quantitative estimate of drug-likeness (QED) is 0.935. The Hall–Kier alpha value is -1.36. The Morgan fingerprint density at radius 2 is 1.86 bits per heavy atom. The summed E-state index contributed by atoms with van der Waals surface area (Å²) >= 11 is 0. The molecule has 1 saturated heterocycles. The molecule has 112 valence electrons. The number of rotatable bonds is 4. The van der Waals surface area contributed by atoms with E-state index in [9.17, 15) is 0 Å². The van der Waals surface area contributed by atoms with Crippen LogP contribution in [0.4, 0.5) is 0 Å². The molecule has 1 aliphatic heterocycles. The van der Waals surface area contributed by atoms with Gasteiger partial charge >= 0.3 is 0 Å². The lowest BCUT2D eigenvalue weighted by molar-refractivity contribution is 0.116.